The zero-order valence-electron chi connectivity index (χ0n) is 11.2. The van der Waals surface area contributed by atoms with Gasteiger partial charge in [-0.2, -0.15) is 0 Å². The van der Waals surface area contributed by atoms with E-state index < -0.39 is 0 Å². The maximum Gasteiger partial charge on any atom is 0.267 e. The van der Waals surface area contributed by atoms with Crippen molar-refractivity contribution in [1.29, 1.82) is 0 Å². The number of nitrogens with one attached hydrogen (secondary N) is 2. The Kier molecular flexibility index (Phi) is 3.69. The third kappa shape index (κ3) is 3.07. The largest absolute Gasteiger partial charge is 0.350 e. The number of hydrogen-bond donors (Lipinski definition) is 2. The molecule has 102 valence electrons. The molecule has 4 heteroatoms. The predicted octanol–water partition coefficient (Wildman–Crippen LogP) is 1.86. The van der Waals surface area contributed by atoms with Crippen LogP contribution < -0.4 is 10.6 Å². The van der Waals surface area contributed by atoms with E-state index in [4.69, 9.17) is 0 Å². The fraction of sp³-hybridized carbons (Fsp3) is 0.533. The second-order valence-corrected chi connectivity index (χ2v) is 5.35. The van der Waals surface area contributed by atoms with Crippen molar-refractivity contribution in [3.63, 3.8) is 0 Å². The first-order chi connectivity index (χ1) is 9.34. The minimum Gasteiger partial charge on any atom is -0.350 e. The summed E-state index contributed by atoms with van der Waals surface area (Å²) in [7, 11) is 0. The molecule has 1 aliphatic heterocycles. The molecule has 0 bridgehead atoms. The van der Waals surface area contributed by atoms with Crippen LogP contribution in [-0.4, -0.2) is 30.1 Å². The van der Waals surface area contributed by atoms with Gasteiger partial charge in [0, 0.05) is 25.3 Å². The van der Waals surface area contributed by atoms with E-state index in [-0.39, 0.29) is 5.91 Å². The molecule has 1 saturated carbocycles. The van der Waals surface area contributed by atoms with Crippen LogP contribution in [0.3, 0.4) is 0 Å². The van der Waals surface area contributed by atoms with E-state index in [9.17, 15) is 4.79 Å². The molecule has 1 amide bonds. The molecule has 0 aromatic carbocycles. The van der Waals surface area contributed by atoms with Gasteiger partial charge in [-0.3, -0.25) is 4.79 Å². The molecule has 1 aromatic heterocycles. The Morgan fingerprint density at radius 1 is 1.47 bits per heavy atom. The van der Waals surface area contributed by atoms with Crippen molar-refractivity contribution < 1.29 is 4.79 Å². The molecule has 1 aromatic rings. The van der Waals surface area contributed by atoms with E-state index in [1.54, 1.807) is 0 Å². The van der Waals surface area contributed by atoms with Crippen LogP contribution in [0.4, 0.5) is 0 Å². The SMILES string of the molecule is O=C(NCCC1=CCNCC1)c1cccn1C1CC1. The second kappa shape index (κ2) is 5.61. The smallest absolute Gasteiger partial charge is 0.267 e. The number of aromatic nitrogens is 1. The van der Waals surface area contributed by atoms with Gasteiger partial charge < -0.3 is 15.2 Å². The summed E-state index contributed by atoms with van der Waals surface area (Å²) in [5.74, 6) is 0.0615. The van der Waals surface area contributed by atoms with Gasteiger partial charge in [0.1, 0.15) is 5.69 Å². The molecular weight excluding hydrogens is 238 g/mol. The summed E-state index contributed by atoms with van der Waals surface area (Å²) >= 11 is 0. The maximum atomic E-state index is 12.1. The maximum absolute atomic E-state index is 12.1. The van der Waals surface area contributed by atoms with E-state index in [1.165, 1.54) is 18.4 Å². The first kappa shape index (κ1) is 12.5. The molecule has 0 atom stereocenters. The van der Waals surface area contributed by atoms with Gasteiger partial charge in [-0.25, -0.2) is 0 Å². The molecular formula is C15H21N3O. The van der Waals surface area contributed by atoms with Gasteiger partial charge in [0.2, 0.25) is 0 Å². The highest BCUT2D eigenvalue weighted by Crippen LogP contribution is 2.35. The number of carbonyl (C=O) groups is 1. The van der Waals surface area contributed by atoms with Crippen LogP contribution in [0.25, 0.3) is 0 Å². The lowest BCUT2D eigenvalue weighted by Gasteiger charge is -2.14. The Labute approximate surface area is 113 Å². The highest BCUT2D eigenvalue weighted by molar-refractivity contribution is 5.92. The van der Waals surface area contributed by atoms with Crippen LogP contribution in [0.5, 0.6) is 0 Å². The molecule has 19 heavy (non-hydrogen) atoms. The zero-order valence-corrected chi connectivity index (χ0v) is 11.2. The van der Waals surface area contributed by atoms with E-state index >= 15 is 0 Å². The van der Waals surface area contributed by atoms with Crippen molar-refractivity contribution in [2.24, 2.45) is 0 Å². The average molecular weight is 259 g/mol. The predicted molar refractivity (Wildman–Crippen MR) is 75.2 cm³/mol. The molecule has 0 radical (unpaired) electrons. The summed E-state index contributed by atoms with van der Waals surface area (Å²) in [6.45, 7) is 2.76. The average Bonchev–Trinajstić information content (AvgIpc) is 3.17. The second-order valence-electron chi connectivity index (χ2n) is 5.35. The molecule has 2 aliphatic rings. The number of nitrogens with zero attached hydrogens (tertiary/aromatic N) is 1. The van der Waals surface area contributed by atoms with Crippen molar-refractivity contribution in [2.45, 2.75) is 31.7 Å². The van der Waals surface area contributed by atoms with Gasteiger partial charge in [-0.15, -0.1) is 0 Å². The van der Waals surface area contributed by atoms with Crippen LogP contribution in [0.1, 0.15) is 42.2 Å². The van der Waals surface area contributed by atoms with Crippen molar-refractivity contribution in [2.75, 3.05) is 19.6 Å². The van der Waals surface area contributed by atoms with Gasteiger partial charge in [0.05, 0.1) is 0 Å². The van der Waals surface area contributed by atoms with Crippen molar-refractivity contribution in [3.8, 4) is 0 Å². The minimum atomic E-state index is 0.0615. The number of rotatable bonds is 5. The molecule has 3 rings (SSSR count). The summed E-state index contributed by atoms with van der Waals surface area (Å²) in [6.07, 6.45) is 8.74. The summed E-state index contributed by atoms with van der Waals surface area (Å²) in [5, 5.41) is 6.33. The third-order valence-corrected chi connectivity index (χ3v) is 3.84. The Hall–Kier alpha value is -1.55. The molecule has 1 fully saturated rings. The van der Waals surface area contributed by atoms with Gasteiger partial charge in [0.25, 0.3) is 5.91 Å². The molecule has 0 unspecified atom stereocenters. The normalized spacial score (nSPS) is 19.1. The highest BCUT2D eigenvalue weighted by atomic mass is 16.1. The van der Waals surface area contributed by atoms with Gasteiger partial charge in [-0.1, -0.05) is 11.6 Å². The fourth-order valence-electron chi connectivity index (χ4n) is 2.58. The Balaban J connectivity index is 1.50. The Morgan fingerprint density at radius 2 is 2.37 bits per heavy atom. The highest BCUT2D eigenvalue weighted by Gasteiger charge is 2.26. The third-order valence-electron chi connectivity index (χ3n) is 3.84. The van der Waals surface area contributed by atoms with E-state index in [2.05, 4.69) is 21.3 Å². The van der Waals surface area contributed by atoms with Crippen LogP contribution in [0.2, 0.25) is 0 Å². The van der Waals surface area contributed by atoms with E-state index in [1.807, 2.05) is 18.3 Å². The van der Waals surface area contributed by atoms with Crippen LogP contribution in [0, 0.1) is 0 Å². The molecule has 2 N–H and O–H groups in total. The van der Waals surface area contributed by atoms with Crippen LogP contribution in [-0.2, 0) is 0 Å². The van der Waals surface area contributed by atoms with Gasteiger partial charge >= 0.3 is 0 Å². The molecule has 0 spiro atoms. The van der Waals surface area contributed by atoms with Gasteiger partial charge in [0.15, 0.2) is 0 Å². The van der Waals surface area contributed by atoms with Crippen molar-refractivity contribution >= 4 is 5.91 Å². The summed E-state index contributed by atoms with van der Waals surface area (Å²) in [4.78, 5) is 12.1. The standard InChI is InChI=1S/C15H21N3O/c19-15(14-2-1-11-18(14)13-3-4-13)17-10-7-12-5-8-16-9-6-12/h1-2,5,11,13,16H,3-4,6-10H2,(H,17,19). The first-order valence-corrected chi connectivity index (χ1v) is 7.18. The quantitative estimate of drug-likeness (QED) is 0.793. The number of carbonyl (C=O) groups excluding carboxylic acids is 1. The Morgan fingerprint density at radius 3 is 3.11 bits per heavy atom. The molecule has 4 nitrogen and oxygen atoms in total. The first-order valence-electron chi connectivity index (χ1n) is 7.18. The van der Waals surface area contributed by atoms with Crippen LogP contribution >= 0.6 is 0 Å². The van der Waals surface area contributed by atoms with Crippen molar-refractivity contribution in [3.05, 3.63) is 35.7 Å². The van der Waals surface area contributed by atoms with Crippen LogP contribution in [0.15, 0.2) is 30.0 Å². The summed E-state index contributed by atoms with van der Waals surface area (Å²) < 4.78 is 2.11. The fourth-order valence-corrected chi connectivity index (χ4v) is 2.58. The molecule has 0 saturated heterocycles. The summed E-state index contributed by atoms with van der Waals surface area (Å²) in [6, 6.07) is 4.43. The lowest BCUT2D eigenvalue weighted by molar-refractivity contribution is 0.0944. The minimum absolute atomic E-state index is 0.0615. The van der Waals surface area contributed by atoms with E-state index in [0.717, 1.165) is 38.2 Å². The zero-order chi connectivity index (χ0) is 13.1. The Bertz CT molecular complexity index is 485. The molecule has 2 heterocycles. The van der Waals surface area contributed by atoms with Gasteiger partial charge in [-0.05, 0) is 44.4 Å². The summed E-state index contributed by atoms with van der Waals surface area (Å²) in [5.41, 5.74) is 2.26. The van der Waals surface area contributed by atoms with E-state index in [0.29, 0.717) is 6.04 Å². The monoisotopic (exact) mass is 259 g/mol. The topological polar surface area (TPSA) is 46.1 Å². The van der Waals surface area contributed by atoms with Crippen molar-refractivity contribution in [1.82, 2.24) is 15.2 Å². The number of amides is 1. The lowest BCUT2D eigenvalue weighted by atomic mass is 10.1. The number of hydrogen-bond acceptors (Lipinski definition) is 2. The lowest BCUT2D eigenvalue weighted by Crippen LogP contribution is -2.28. The molecule has 1 aliphatic carbocycles.